The second kappa shape index (κ2) is 5.46. The lowest BCUT2D eigenvalue weighted by Crippen LogP contribution is -2.41. The van der Waals surface area contributed by atoms with Crippen molar-refractivity contribution in [3.63, 3.8) is 0 Å². The van der Waals surface area contributed by atoms with Crippen LogP contribution in [0.2, 0.25) is 0 Å². The molecule has 5 nitrogen and oxygen atoms in total. The van der Waals surface area contributed by atoms with Gasteiger partial charge in [0.1, 0.15) is 0 Å². The van der Waals surface area contributed by atoms with Crippen LogP contribution in [0.1, 0.15) is 39.2 Å². The van der Waals surface area contributed by atoms with Gasteiger partial charge in [-0.05, 0) is 39.8 Å². The lowest BCUT2D eigenvalue weighted by molar-refractivity contribution is 0.00578. The van der Waals surface area contributed by atoms with Gasteiger partial charge < -0.3 is 24.9 Å². The van der Waals surface area contributed by atoms with E-state index >= 15 is 0 Å². The Hall–Kier alpha value is -0.755. The summed E-state index contributed by atoms with van der Waals surface area (Å²) in [7, 11) is 0.853. The van der Waals surface area contributed by atoms with Crippen LogP contribution in [0.4, 0.5) is 0 Å². The molecule has 1 aromatic carbocycles. The third-order valence-electron chi connectivity index (χ3n) is 4.21. The van der Waals surface area contributed by atoms with E-state index in [1.807, 2.05) is 27.7 Å². The highest BCUT2D eigenvalue weighted by Crippen LogP contribution is 2.43. The Balaban J connectivity index is 2.34. The molecule has 21 heavy (non-hydrogen) atoms. The molecule has 0 saturated carbocycles. The second-order valence-corrected chi connectivity index (χ2v) is 7.11. The maximum atomic E-state index is 10.3. The van der Waals surface area contributed by atoms with Gasteiger partial charge in [0.25, 0.3) is 0 Å². The van der Waals surface area contributed by atoms with Gasteiger partial charge in [0.2, 0.25) is 0 Å². The molecule has 1 saturated heterocycles. The minimum absolute atomic E-state index is 0.00270. The standard InChI is InChI=1S/C14H21BBrNO4/c1-13(2)14(3,4)21-15(20-13)12(17)9-6-8(16)7-10(19-5)11(9)18/h6-7,12,18H,17H2,1-5H3/t12-/m1/s1. The molecule has 1 aromatic rings. The number of hydrogen-bond acceptors (Lipinski definition) is 5. The Kier molecular flexibility index (Phi) is 4.32. The summed E-state index contributed by atoms with van der Waals surface area (Å²) in [6, 6.07) is 3.42. The van der Waals surface area contributed by atoms with Crippen molar-refractivity contribution in [1.82, 2.24) is 0 Å². The molecule has 7 heteroatoms. The molecule has 2 rings (SSSR count). The van der Waals surface area contributed by atoms with Crippen LogP contribution in [0, 0.1) is 0 Å². The fourth-order valence-corrected chi connectivity index (χ4v) is 2.64. The number of halogens is 1. The number of hydrogen-bond donors (Lipinski definition) is 2. The summed E-state index contributed by atoms with van der Waals surface area (Å²) in [5.41, 5.74) is 5.82. The van der Waals surface area contributed by atoms with Crippen LogP contribution in [0.25, 0.3) is 0 Å². The Morgan fingerprint density at radius 3 is 2.24 bits per heavy atom. The summed E-state index contributed by atoms with van der Waals surface area (Å²) >= 11 is 3.38. The predicted octanol–water partition coefficient (Wildman–Crippen LogP) is 2.79. The molecule has 0 aliphatic carbocycles. The van der Waals surface area contributed by atoms with Gasteiger partial charge in [-0.1, -0.05) is 15.9 Å². The molecule has 1 heterocycles. The van der Waals surface area contributed by atoms with Gasteiger partial charge in [-0.3, -0.25) is 0 Å². The van der Waals surface area contributed by atoms with Crippen molar-refractivity contribution in [3.05, 3.63) is 22.2 Å². The largest absolute Gasteiger partial charge is 0.504 e. The zero-order chi connectivity index (χ0) is 16.0. The molecule has 116 valence electrons. The molecule has 0 amide bonds. The summed E-state index contributed by atoms with van der Waals surface area (Å²) in [4.78, 5) is 0. The minimum Gasteiger partial charge on any atom is -0.504 e. The van der Waals surface area contributed by atoms with Gasteiger partial charge in [0.05, 0.1) is 24.3 Å². The van der Waals surface area contributed by atoms with Crippen LogP contribution in [0.15, 0.2) is 16.6 Å². The molecule has 3 N–H and O–H groups in total. The van der Waals surface area contributed by atoms with E-state index in [9.17, 15) is 5.11 Å². The topological polar surface area (TPSA) is 73.9 Å². The molecule has 0 bridgehead atoms. The average molecular weight is 358 g/mol. The number of rotatable bonds is 3. The maximum Gasteiger partial charge on any atom is 0.480 e. The summed E-state index contributed by atoms with van der Waals surface area (Å²) in [6.07, 6.45) is 0. The number of benzene rings is 1. The van der Waals surface area contributed by atoms with E-state index in [2.05, 4.69) is 15.9 Å². The molecule has 1 fully saturated rings. The molecule has 1 aliphatic rings. The smallest absolute Gasteiger partial charge is 0.480 e. The van der Waals surface area contributed by atoms with Crippen molar-refractivity contribution in [2.75, 3.05) is 7.11 Å². The summed E-state index contributed by atoms with van der Waals surface area (Å²) < 4.78 is 17.8. The Morgan fingerprint density at radius 2 is 1.76 bits per heavy atom. The van der Waals surface area contributed by atoms with Crippen LogP contribution in [0.5, 0.6) is 11.5 Å². The van der Waals surface area contributed by atoms with E-state index in [1.165, 1.54) is 7.11 Å². The number of aromatic hydroxyl groups is 1. The van der Waals surface area contributed by atoms with Crippen molar-refractivity contribution in [2.24, 2.45) is 5.73 Å². The molecule has 0 spiro atoms. The first kappa shape index (κ1) is 16.6. The van der Waals surface area contributed by atoms with Crippen LogP contribution >= 0.6 is 15.9 Å². The SMILES string of the molecule is COc1cc(Br)cc([C@@H](N)B2OC(C)(C)C(C)(C)O2)c1O. The van der Waals surface area contributed by atoms with E-state index in [0.29, 0.717) is 11.3 Å². The normalized spacial score (nSPS) is 21.4. The Bertz CT molecular complexity index is 534. The lowest BCUT2D eigenvalue weighted by atomic mass is 9.74. The first-order valence-corrected chi connectivity index (χ1v) is 7.56. The van der Waals surface area contributed by atoms with E-state index in [-0.39, 0.29) is 5.75 Å². The third-order valence-corrected chi connectivity index (χ3v) is 4.67. The van der Waals surface area contributed by atoms with E-state index in [0.717, 1.165) is 4.47 Å². The zero-order valence-electron chi connectivity index (χ0n) is 12.9. The predicted molar refractivity (Wildman–Crippen MR) is 85.4 cm³/mol. The summed E-state index contributed by atoms with van der Waals surface area (Å²) in [5.74, 6) is -0.272. The van der Waals surface area contributed by atoms with Gasteiger partial charge in [-0.2, -0.15) is 0 Å². The number of nitrogens with two attached hydrogens (primary N) is 1. The monoisotopic (exact) mass is 357 g/mol. The average Bonchev–Trinajstić information content (AvgIpc) is 2.60. The van der Waals surface area contributed by atoms with Crippen LogP contribution < -0.4 is 10.5 Å². The third kappa shape index (κ3) is 2.92. The molecule has 0 aromatic heterocycles. The minimum atomic E-state index is -0.639. The first-order valence-electron chi connectivity index (χ1n) is 6.76. The van der Waals surface area contributed by atoms with Crippen LogP contribution in [0.3, 0.4) is 0 Å². The fourth-order valence-electron chi connectivity index (χ4n) is 2.19. The molecular weight excluding hydrogens is 337 g/mol. The first-order chi connectivity index (χ1) is 9.59. The Labute approximate surface area is 134 Å². The highest BCUT2D eigenvalue weighted by molar-refractivity contribution is 9.10. The quantitative estimate of drug-likeness (QED) is 0.813. The Morgan fingerprint density at radius 1 is 1.24 bits per heavy atom. The van der Waals surface area contributed by atoms with Crippen molar-refractivity contribution >= 4 is 23.0 Å². The van der Waals surface area contributed by atoms with E-state index in [4.69, 9.17) is 19.8 Å². The molecule has 1 atom stereocenters. The fraction of sp³-hybridized carbons (Fsp3) is 0.571. The van der Waals surface area contributed by atoms with Crippen molar-refractivity contribution in [3.8, 4) is 11.5 Å². The second-order valence-electron chi connectivity index (χ2n) is 6.20. The molecule has 1 aliphatic heterocycles. The van der Waals surface area contributed by atoms with E-state index < -0.39 is 24.3 Å². The van der Waals surface area contributed by atoms with Gasteiger partial charge in [-0.15, -0.1) is 0 Å². The highest BCUT2D eigenvalue weighted by Gasteiger charge is 2.53. The van der Waals surface area contributed by atoms with Gasteiger partial charge in [0.15, 0.2) is 11.5 Å². The molecular formula is C14H21BBrNO4. The molecule has 0 radical (unpaired) electrons. The highest BCUT2D eigenvalue weighted by atomic mass is 79.9. The van der Waals surface area contributed by atoms with Crippen molar-refractivity contribution in [1.29, 1.82) is 0 Å². The van der Waals surface area contributed by atoms with Gasteiger partial charge in [0, 0.05) is 10.0 Å². The maximum absolute atomic E-state index is 10.3. The summed E-state index contributed by atoms with van der Waals surface area (Å²) in [6.45, 7) is 7.84. The summed E-state index contributed by atoms with van der Waals surface area (Å²) in [5, 5.41) is 10.3. The number of ether oxygens (including phenoxy) is 1. The number of phenols is 1. The van der Waals surface area contributed by atoms with Crippen LogP contribution in [-0.2, 0) is 9.31 Å². The number of methoxy groups -OCH3 is 1. The molecule has 0 unspecified atom stereocenters. The number of phenolic OH excluding ortho intramolecular Hbond substituents is 1. The van der Waals surface area contributed by atoms with Crippen molar-refractivity contribution < 1.29 is 19.2 Å². The van der Waals surface area contributed by atoms with E-state index in [1.54, 1.807) is 12.1 Å². The van der Waals surface area contributed by atoms with Crippen molar-refractivity contribution in [2.45, 2.75) is 44.8 Å². The van der Waals surface area contributed by atoms with Crippen LogP contribution in [-0.4, -0.2) is 30.5 Å². The zero-order valence-corrected chi connectivity index (χ0v) is 14.5. The van der Waals surface area contributed by atoms with Gasteiger partial charge >= 0.3 is 7.12 Å². The lowest BCUT2D eigenvalue weighted by Gasteiger charge is -2.32. The van der Waals surface area contributed by atoms with Gasteiger partial charge in [-0.25, -0.2) is 0 Å².